The lowest BCUT2D eigenvalue weighted by Crippen LogP contribution is -2.29. The summed E-state index contributed by atoms with van der Waals surface area (Å²) in [6.07, 6.45) is 0.194. The Bertz CT molecular complexity index is 1360. The number of aromatic nitrogens is 2. The van der Waals surface area contributed by atoms with Gasteiger partial charge in [0.1, 0.15) is 5.03 Å². The van der Waals surface area contributed by atoms with Crippen LogP contribution in [0.3, 0.4) is 0 Å². The third-order valence-corrected chi connectivity index (χ3v) is 6.07. The lowest BCUT2D eigenvalue weighted by atomic mass is 10.1. The first-order valence-electron chi connectivity index (χ1n) is 9.03. The summed E-state index contributed by atoms with van der Waals surface area (Å²) >= 11 is 7.50. The third kappa shape index (κ3) is 3.07. The molecule has 0 aliphatic carbocycles. The van der Waals surface area contributed by atoms with Crippen molar-refractivity contribution in [1.82, 2.24) is 15.0 Å². The van der Waals surface area contributed by atoms with Crippen molar-refractivity contribution in [2.24, 2.45) is 5.10 Å². The summed E-state index contributed by atoms with van der Waals surface area (Å²) in [7, 11) is 0. The summed E-state index contributed by atoms with van der Waals surface area (Å²) in [6, 6.07) is 13.6. The van der Waals surface area contributed by atoms with Gasteiger partial charge in [0.2, 0.25) is 0 Å². The maximum Gasteiger partial charge on any atom is 0.260 e. The Hall–Kier alpha value is -2.90. The first-order valence-corrected chi connectivity index (χ1v) is 10.4. The van der Waals surface area contributed by atoms with Crippen molar-refractivity contribution in [1.29, 1.82) is 0 Å². The van der Waals surface area contributed by atoms with Gasteiger partial charge in [-0.1, -0.05) is 47.6 Å². The van der Waals surface area contributed by atoms with Gasteiger partial charge >= 0.3 is 0 Å². The molecule has 2 amide bonds. The SMILES string of the molecule is CC1=NN(C(=O)CSc2nc3c4cc(Cl)ccc4[nH]c3c3ccccc23)C(=O)C1. The van der Waals surface area contributed by atoms with Gasteiger partial charge < -0.3 is 4.98 Å². The topological polar surface area (TPSA) is 78.4 Å². The minimum absolute atomic E-state index is 0.0775. The van der Waals surface area contributed by atoms with Crippen LogP contribution in [-0.4, -0.2) is 38.3 Å². The van der Waals surface area contributed by atoms with Gasteiger partial charge in [0.05, 0.1) is 23.2 Å². The third-order valence-electron chi connectivity index (χ3n) is 4.86. The van der Waals surface area contributed by atoms with Gasteiger partial charge in [0, 0.05) is 32.4 Å². The maximum atomic E-state index is 12.5. The number of halogens is 1. The molecule has 0 atom stereocenters. The Labute approximate surface area is 174 Å². The number of nitrogens with one attached hydrogen (secondary N) is 1. The predicted molar refractivity (Wildman–Crippen MR) is 116 cm³/mol. The van der Waals surface area contributed by atoms with Crippen LogP contribution >= 0.6 is 23.4 Å². The number of imide groups is 1. The van der Waals surface area contributed by atoms with E-state index in [0.717, 1.165) is 42.7 Å². The van der Waals surface area contributed by atoms with Crippen LogP contribution in [0.4, 0.5) is 0 Å². The minimum atomic E-state index is -0.343. The van der Waals surface area contributed by atoms with Crippen LogP contribution in [0.25, 0.3) is 32.7 Å². The molecule has 0 unspecified atom stereocenters. The van der Waals surface area contributed by atoms with Crippen LogP contribution in [0.1, 0.15) is 13.3 Å². The normalized spacial score (nSPS) is 14.3. The lowest BCUT2D eigenvalue weighted by Gasteiger charge is -2.10. The number of benzene rings is 2. The van der Waals surface area contributed by atoms with Gasteiger partial charge in [0.15, 0.2) is 0 Å². The molecule has 5 rings (SSSR count). The van der Waals surface area contributed by atoms with Gasteiger partial charge in [0.25, 0.3) is 11.8 Å². The molecule has 0 fully saturated rings. The number of hydrogen-bond acceptors (Lipinski definition) is 5. The van der Waals surface area contributed by atoms with E-state index in [1.165, 1.54) is 11.8 Å². The maximum absolute atomic E-state index is 12.5. The Morgan fingerprint density at radius 2 is 2.00 bits per heavy atom. The molecule has 4 aromatic rings. The molecule has 0 radical (unpaired) electrons. The molecule has 0 spiro atoms. The average molecular weight is 423 g/mol. The summed E-state index contributed by atoms with van der Waals surface area (Å²) in [5, 5.41) is 9.27. The van der Waals surface area contributed by atoms with Crippen LogP contribution in [0.2, 0.25) is 5.02 Å². The van der Waals surface area contributed by atoms with Crippen molar-refractivity contribution in [3.63, 3.8) is 0 Å². The zero-order valence-electron chi connectivity index (χ0n) is 15.4. The van der Waals surface area contributed by atoms with Crippen molar-refractivity contribution < 1.29 is 9.59 Å². The van der Waals surface area contributed by atoms with Gasteiger partial charge in [-0.05, 0) is 25.1 Å². The number of carbonyl (C=O) groups is 2. The highest BCUT2D eigenvalue weighted by atomic mass is 35.5. The van der Waals surface area contributed by atoms with Gasteiger partial charge in [-0.3, -0.25) is 9.59 Å². The first kappa shape index (κ1) is 18.1. The number of nitrogens with zero attached hydrogens (tertiary/aromatic N) is 3. The first-order chi connectivity index (χ1) is 14.0. The summed E-state index contributed by atoms with van der Waals surface area (Å²) in [5.74, 6) is -0.550. The van der Waals surface area contributed by atoms with Gasteiger partial charge in [-0.25, -0.2) is 4.98 Å². The van der Waals surface area contributed by atoms with Crippen LogP contribution in [0.15, 0.2) is 52.6 Å². The number of hydrazone groups is 1. The monoisotopic (exact) mass is 422 g/mol. The van der Waals surface area contributed by atoms with Crippen molar-refractivity contribution in [2.45, 2.75) is 18.4 Å². The number of aromatic amines is 1. The van der Waals surface area contributed by atoms with Gasteiger partial charge in [-0.2, -0.15) is 10.1 Å². The average Bonchev–Trinajstić information content (AvgIpc) is 3.25. The summed E-state index contributed by atoms with van der Waals surface area (Å²) < 4.78 is 0. The summed E-state index contributed by atoms with van der Waals surface area (Å²) in [4.78, 5) is 32.7. The Morgan fingerprint density at radius 3 is 2.76 bits per heavy atom. The second-order valence-electron chi connectivity index (χ2n) is 6.90. The Morgan fingerprint density at radius 1 is 1.21 bits per heavy atom. The Balaban J connectivity index is 1.59. The van der Waals surface area contributed by atoms with Crippen LogP contribution in [0.5, 0.6) is 0 Å². The van der Waals surface area contributed by atoms with Crippen molar-refractivity contribution in [3.05, 3.63) is 47.5 Å². The molecule has 2 aromatic carbocycles. The number of fused-ring (bicyclic) bond motifs is 5. The zero-order valence-corrected chi connectivity index (χ0v) is 17.0. The van der Waals surface area contributed by atoms with E-state index in [1.807, 2.05) is 42.5 Å². The fourth-order valence-electron chi connectivity index (χ4n) is 3.56. The van der Waals surface area contributed by atoms with Crippen molar-refractivity contribution in [3.8, 4) is 0 Å². The highest BCUT2D eigenvalue weighted by Gasteiger charge is 2.27. The zero-order chi connectivity index (χ0) is 20.1. The number of pyridine rings is 1. The van der Waals surface area contributed by atoms with Crippen molar-refractivity contribution in [2.75, 3.05) is 5.75 Å². The molecule has 0 saturated carbocycles. The second kappa shape index (κ2) is 6.86. The molecular formula is C21H15ClN4O2S. The molecule has 8 heteroatoms. The fourth-order valence-corrected chi connectivity index (χ4v) is 4.61. The highest BCUT2D eigenvalue weighted by molar-refractivity contribution is 8.00. The Kier molecular flexibility index (Phi) is 4.29. The molecule has 1 aliphatic rings. The highest BCUT2D eigenvalue weighted by Crippen LogP contribution is 2.35. The van der Waals surface area contributed by atoms with Crippen LogP contribution in [-0.2, 0) is 9.59 Å². The standard InChI is InChI=1S/C21H15ClN4O2S/c1-11-8-17(27)26(25-11)18(28)10-29-21-14-5-3-2-4-13(14)19-20(24-21)15-9-12(22)6-7-16(15)23-19/h2-7,9,23H,8,10H2,1H3. The quantitative estimate of drug-likeness (QED) is 0.483. The predicted octanol–water partition coefficient (Wildman–Crippen LogP) is 4.75. The molecule has 1 aliphatic heterocycles. The van der Waals surface area contributed by atoms with E-state index in [2.05, 4.69) is 10.1 Å². The van der Waals surface area contributed by atoms with E-state index in [-0.39, 0.29) is 24.0 Å². The summed E-state index contributed by atoms with van der Waals surface area (Å²) in [6.45, 7) is 1.74. The fraction of sp³-hybridized carbons (Fsp3) is 0.143. The molecule has 2 aromatic heterocycles. The van der Waals surface area contributed by atoms with E-state index in [9.17, 15) is 9.59 Å². The van der Waals surface area contributed by atoms with E-state index in [1.54, 1.807) is 6.92 Å². The molecule has 144 valence electrons. The van der Waals surface area contributed by atoms with Crippen molar-refractivity contribution >= 4 is 73.6 Å². The summed E-state index contributed by atoms with van der Waals surface area (Å²) in [5.41, 5.74) is 3.34. The number of amides is 2. The second-order valence-corrected chi connectivity index (χ2v) is 8.30. The van der Waals surface area contributed by atoms with Crippen LogP contribution < -0.4 is 0 Å². The van der Waals surface area contributed by atoms with E-state index in [4.69, 9.17) is 16.6 Å². The molecule has 6 nitrogen and oxygen atoms in total. The molecule has 1 N–H and O–H groups in total. The van der Waals surface area contributed by atoms with Crippen LogP contribution in [0, 0.1) is 0 Å². The number of H-pyrrole nitrogens is 1. The number of rotatable bonds is 3. The largest absolute Gasteiger partial charge is 0.353 e. The number of hydrogen-bond donors (Lipinski definition) is 1. The number of carbonyl (C=O) groups excluding carboxylic acids is 2. The smallest absolute Gasteiger partial charge is 0.260 e. The molecule has 0 bridgehead atoms. The van der Waals surface area contributed by atoms with E-state index < -0.39 is 0 Å². The lowest BCUT2D eigenvalue weighted by molar-refractivity contribution is -0.141. The molecule has 0 saturated heterocycles. The molecule has 29 heavy (non-hydrogen) atoms. The van der Waals surface area contributed by atoms with E-state index >= 15 is 0 Å². The van der Waals surface area contributed by atoms with Gasteiger partial charge in [-0.15, -0.1) is 0 Å². The minimum Gasteiger partial charge on any atom is -0.353 e. The molecule has 3 heterocycles. The molecular weight excluding hydrogens is 408 g/mol. The number of thioether (sulfide) groups is 1. The van der Waals surface area contributed by atoms with E-state index in [0.29, 0.717) is 10.7 Å².